The average molecular weight is 286 g/mol. The van der Waals surface area contributed by atoms with Crippen LogP contribution in [0.5, 0.6) is 0 Å². The van der Waals surface area contributed by atoms with Crippen molar-refractivity contribution in [2.24, 2.45) is 0 Å². The van der Waals surface area contributed by atoms with Crippen LogP contribution in [0.2, 0.25) is 0 Å². The first kappa shape index (κ1) is 36.0. The Bertz CT molecular complexity index is 36.8. The van der Waals surface area contributed by atoms with Crippen molar-refractivity contribution in [3.63, 3.8) is 0 Å². The van der Waals surface area contributed by atoms with E-state index in [2.05, 4.69) is 11.7 Å². The molecule has 0 heterocycles. The molecule has 0 aromatic heterocycles. The first-order valence-electron chi connectivity index (χ1n) is 0.500. The van der Waals surface area contributed by atoms with E-state index in [9.17, 15) is 0 Å². The van der Waals surface area contributed by atoms with E-state index in [1.807, 2.05) is 0 Å². The van der Waals surface area contributed by atoms with Crippen LogP contribution in [0.1, 0.15) is 0 Å². The summed E-state index contributed by atoms with van der Waals surface area (Å²) in [7, 11) is -2.28. The minimum atomic E-state index is -2.28. The van der Waals surface area contributed by atoms with Gasteiger partial charge in [-0.25, -0.2) is 10.1 Å². The topological polar surface area (TPSA) is 40.1 Å². The van der Waals surface area contributed by atoms with Crippen LogP contribution in [0.15, 0.2) is 0 Å². The SMILES string of the molecule is O=S([O-])[S-].[K+].[K+].[K+].[K+].[SH-]. The Morgan fingerprint density at radius 2 is 1.11 bits per heavy atom. The number of rotatable bonds is 0. The zero-order valence-corrected chi connectivity index (χ0v) is 21.1. The molecule has 1 unspecified atom stereocenters. The van der Waals surface area contributed by atoms with E-state index in [-0.39, 0.29) is 219 Å². The van der Waals surface area contributed by atoms with E-state index in [1.54, 1.807) is 0 Å². The first-order chi connectivity index (χ1) is 1.73. The van der Waals surface area contributed by atoms with Crippen LogP contribution in [-0.4, -0.2) is 8.76 Å². The standard InChI is InChI=1S/4K.H2O2S2.H2S/c;;;;1-4(2)3;/h;;;;(H2,1,2,3);1H2/q4*+1;;/p-3. The molecule has 0 saturated carbocycles. The predicted octanol–water partition coefficient (Wildman–Crippen LogP) is -12.9. The van der Waals surface area contributed by atoms with Gasteiger partial charge in [0.1, 0.15) is 0 Å². The summed E-state index contributed by atoms with van der Waals surface area (Å²) in [5.74, 6) is 0. The second-order valence-electron chi connectivity index (χ2n) is 0.204. The fourth-order valence-electron chi connectivity index (χ4n) is 0. The summed E-state index contributed by atoms with van der Waals surface area (Å²) in [6.45, 7) is 0. The molecule has 0 aliphatic carbocycles. The summed E-state index contributed by atoms with van der Waals surface area (Å²) >= 11 is 3.54. The third kappa shape index (κ3) is 50.6. The van der Waals surface area contributed by atoms with Crippen LogP contribution >= 0.6 is 0 Å². The molecule has 34 valence electrons. The van der Waals surface area contributed by atoms with Crippen molar-refractivity contribution in [2.75, 3.05) is 0 Å². The molecule has 0 aliphatic rings. The Hall–Kier alpha value is 7.36. The molecule has 0 rings (SSSR count). The molecule has 0 aromatic rings. The van der Waals surface area contributed by atoms with Gasteiger partial charge >= 0.3 is 206 Å². The molecule has 0 N–H and O–H groups in total. The van der Waals surface area contributed by atoms with E-state index >= 15 is 0 Å². The van der Waals surface area contributed by atoms with Crippen molar-refractivity contribution in [3.8, 4) is 0 Å². The smallest absolute Gasteiger partial charge is 0.813 e. The van der Waals surface area contributed by atoms with E-state index in [4.69, 9.17) is 8.76 Å². The Morgan fingerprint density at radius 3 is 1.11 bits per heavy atom. The van der Waals surface area contributed by atoms with Crippen LogP contribution in [0.3, 0.4) is 0 Å². The normalized spacial score (nSPS) is 6.89. The van der Waals surface area contributed by atoms with Crippen LogP contribution in [0, 0.1) is 0 Å². The van der Waals surface area contributed by atoms with Gasteiger partial charge < -0.3 is 33.9 Å². The van der Waals surface area contributed by atoms with Crippen LogP contribution < -0.4 is 206 Å². The van der Waals surface area contributed by atoms with Crippen LogP contribution in [0.4, 0.5) is 0 Å². The molecule has 0 bridgehead atoms. The maximum absolute atomic E-state index is 8.81. The molecule has 9 heteroatoms. The summed E-state index contributed by atoms with van der Waals surface area (Å²) < 4.78 is 17.6. The molecular formula is HK4O2S3+. The molecule has 2 nitrogen and oxygen atoms in total. The van der Waals surface area contributed by atoms with Gasteiger partial charge in [-0.1, -0.05) is 0 Å². The molecule has 0 saturated heterocycles. The molecule has 1 atom stereocenters. The summed E-state index contributed by atoms with van der Waals surface area (Å²) in [5, 5.41) is 0. The fourth-order valence-corrected chi connectivity index (χ4v) is 0. The van der Waals surface area contributed by atoms with E-state index < -0.39 is 10.1 Å². The minimum Gasteiger partial charge on any atom is -0.813 e. The van der Waals surface area contributed by atoms with Crippen molar-refractivity contribution in [1.82, 2.24) is 0 Å². The van der Waals surface area contributed by atoms with Crippen molar-refractivity contribution in [3.05, 3.63) is 0 Å². The van der Waals surface area contributed by atoms with Gasteiger partial charge in [0.05, 0.1) is 0 Å². The summed E-state index contributed by atoms with van der Waals surface area (Å²) in [5.41, 5.74) is 0. The average Bonchev–Trinajstić information content (AvgIpc) is 0.811. The number of hydrogen-bond donors (Lipinski definition) is 0. The summed E-state index contributed by atoms with van der Waals surface area (Å²) in [6.07, 6.45) is 0. The van der Waals surface area contributed by atoms with Gasteiger partial charge in [-0.3, -0.25) is 0 Å². The second-order valence-corrected chi connectivity index (χ2v) is 1.43. The van der Waals surface area contributed by atoms with Crippen LogP contribution in [-0.2, 0) is 35.3 Å². The molecule has 0 spiro atoms. The molecule has 0 aromatic carbocycles. The van der Waals surface area contributed by atoms with E-state index in [0.29, 0.717) is 0 Å². The quantitative estimate of drug-likeness (QED) is 0.146. The Morgan fingerprint density at radius 1 is 1.11 bits per heavy atom. The largest absolute Gasteiger partial charge is 1.00 e. The van der Waals surface area contributed by atoms with E-state index in [0.717, 1.165) is 0 Å². The molecule has 9 heavy (non-hydrogen) atoms. The fraction of sp³-hybridized carbons (Fsp3) is 0. The van der Waals surface area contributed by atoms with Crippen molar-refractivity contribution < 1.29 is 214 Å². The molecular weight excluding hydrogens is 285 g/mol. The summed E-state index contributed by atoms with van der Waals surface area (Å²) in [4.78, 5) is 0. The predicted molar refractivity (Wildman–Crippen MR) is 25.0 cm³/mol. The van der Waals surface area contributed by atoms with Gasteiger partial charge in [0.2, 0.25) is 0 Å². The van der Waals surface area contributed by atoms with Crippen LogP contribution in [0.25, 0.3) is 0 Å². The third-order valence-electron chi connectivity index (χ3n) is 0. The van der Waals surface area contributed by atoms with Gasteiger partial charge in [-0.2, -0.15) is 0 Å². The molecule has 0 aliphatic heterocycles. The van der Waals surface area contributed by atoms with Gasteiger partial charge in [-0.05, 0) is 0 Å². The Kier molecular flexibility index (Phi) is 118. The molecule has 0 amide bonds. The Labute approximate surface area is 240 Å². The maximum Gasteiger partial charge on any atom is 1.00 e. The van der Waals surface area contributed by atoms with Crippen molar-refractivity contribution in [1.29, 1.82) is 0 Å². The van der Waals surface area contributed by atoms with E-state index in [1.165, 1.54) is 0 Å². The second kappa shape index (κ2) is 29.5. The molecule has 0 radical (unpaired) electrons. The van der Waals surface area contributed by atoms with Crippen molar-refractivity contribution >= 4 is 35.3 Å². The monoisotopic (exact) mass is 285 g/mol. The number of hydrogen-bond acceptors (Lipinski definition) is 4. The number of thiol groups is 1. The third-order valence-corrected chi connectivity index (χ3v) is 0. The maximum atomic E-state index is 8.81. The van der Waals surface area contributed by atoms with Gasteiger partial charge in [0.25, 0.3) is 0 Å². The van der Waals surface area contributed by atoms with Gasteiger partial charge in [0.15, 0.2) is 0 Å². The first-order valence-corrected chi connectivity index (χ1v) is 2.50. The zero-order chi connectivity index (χ0) is 3.58. The van der Waals surface area contributed by atoms with Gasteiger partial charge in [-0.15, -0.1) is 0 Å². The van der Waals surface area contributed by atoms with Gasteiger partial charge in [0, 0.05) is 0 Å². The molecule has 0 fully saturated rings. The summed E-state index contributed by atoms with van der Waals surface area (Å²) in [6, 6.07) is 0. The zero-order valence-electron chi connectivity index (χ0n) is 6.08. The Balaban J connectivity index is -0.00000000450. The minimum absolute atomic E-state index is 0. The van der Waals surface area contributed by atoms with Crippen molar-refractivity contribution in [2.45, 2.75) is 0 Å².